The summed E-state index contributed by atoms with van der Waals surface area (Å²) in [5, 5.41) is 14.7. The number of rotatable bonds is 7. The van der Waals surface area contributed by atoms with Crippen molar-refractivity contribution in [3.05, 3.63) is 57.6 Å². The molecule has 0 saturated heterocycles. The molecule has 0 aromatic heterocycles. The first-order chi connectivity index (χ1) is 12.5. The van der Waals surface area contributed by atoms with E-state index in [-0.39, 0.29) is 17.0 Å². The second-order valence-electron chi connectivity index (χ2n) is 4.92. The van der Waals surface area contributed by atoms with Gasteiger partial charge in [-0.2, -0.15) is 5.10 Å². The van der Waals surface area contributed by atoms with Crippen LogP contribution in [0.25, 0.3) is 0 Å². The molecule has 1 amide bonds. The Labute approximate surface area is 149 Å². The largest absolute Gasteiger partial charge is 0.496 e. The molecule has 0 bridgehead atoms. The normalized spacial score (nSPS) is 10.4. The van der Waals surface area contributed by atoms with Crippen molar-refractivity contribution in [2.45, 2.75) is 0 Å². The number of hydrogen-bond acceptors (Lipinski definition) is 7. The minimum absolute atomic E-state index is 0.00328. The molecule has 9 nitrogen and oxygen atoms in total. The molecule has 0 radical (unpaired) electrons. The summed E-state index contributed by atoms with van der Waals surface area (Å²) in [6.45, 7) is 0. The molecule has 1 N–H and O–H groups in total. The minimum atomic E-state index is -0.649. The maximum Gasteiger partial charge on any atom is 0.275 e. The van der Waals surface area contributed by atoms with Crippen molar-refractivity contribution in [3.8, 4) is 17.2 Å². The van der Waals surface area contributed by atoms with E-state index in [2.05, 4.69) is 10.5 Å². The molecule has 0 aliphatic heterocycles. The van der Waals surface area contributed by atoms with Crippen molar-refractivity contribution in [1.29, 1.82) is 0 Å². The monoisotopic (exact) mass is 359 g/mol. The molecule has 0 atom stereocenters. The molecule has 0 aliphatic rings. The van der Waals surface area contributed by atoms with Crippen LogP contribution in [0.5, 0.6) is 17.2 Å². The molecule has 0 heterocycles. The third-order valence-electron chi connectivity index (χ3n) is 3.44. The molecule has 2 rings (SSSR count). The van der Waals surface area contributed by atoms with E-state index in [1.165, 1.54) is 39.7 Å². The van der Waals surface area contributed by atoms with Gasteiger partial charge in [0.05, 0.1) is 38.0 Å². The van der Waals surface area contributed by atoms with Crippen molar-refractivity contribution in [2.75, 3.05) is 21.3 Å². The Bertz CT molecular complexity index is 850. The number of methoxy groups -OCH3 is 3. The summed E-state index contributed by atoms with van der Waals surface area (Å²) in [5.41, 5.74) is 2.66. The molecular weight excluding hydrogens is 342 g/mol. The molecule has 9 heteroatoms. The molecule has 2 aromatic carbocycles. The molecule has 0 spiro atoms. The zero-order valence-electron chi connectivity index (χ0n) is 14.4. The van der Waals surface area contributed by atoms with Gasteiger partial charge in [-0.15, -0.1) is 0 Å². The lowest BCUT2D eigenvalue weighted by molar-refractivity contribution is -0.384. The number of nitrogens with zero attached hydrogens (tertiary/aromatic N) is 2. The average Bonchev–Trinajstić information content (AvgIpc) is 2.66. The number of ether oxygens (including phenoxy) is 3. The topological polar surface area (TPSA) is 112 Å². The van der Waals surface area contributed by atoms with Gasteiger partial charge in [-0.25, -0.2) is 5.43 Å². The van der Waals surface area contributed by atoms with Gasteiger partial charge in [0.2, 0.25) is 0 Å². The van der Waals surface area contributed by atoms with Gasteiger partial charge < -0.3 is 14.2 Å². The number of carbonyl (C=O) groups is 1. The summed E-state index contributed by atoms with van der Waals surface area (Å²) in [7, 11) is 4.36. The van der Waals surface area contributed by atoms with Crippen LogP contribution in [0, 0.1) is 10.1 Å². The fraction of sp³-hybridized carbons (Fsp3) is 0.176. The van der Waals surface area contributed by atoms with Crippen LogP contribution in [0.3, 0.4) is 0 Å². The van der Waals surface area contributed by atoms with Crippen LogP contribution >= 0.6 is 0 Å². The number of hydrogen-bond donors (Lipinski definition) is 1. The number of nitro groups is 1. The number of benzene rings is 2. The van der Waals surface area contributed by atoms with Crippen LogP contribution in [0.4, 0.5) is 5.69 Å². The number of non-ortho nitro benzene ring substituents is 1. The predicted molar refractivity (Wildman–Crippen MR) is 94.3 cm³/mol. The molecule has 0 unspecified atom stereocenters. The number of nitro benzene ring substituents is 1. The Hall–Kier alpha value is -3.62. The van der Waals surface area contributed by atoms with Crippen LogP contribution in [0.1, 0.15) is 15.9 Å². The van der Waals surface area contributed by atoms with Gasteiger partial charge in [0, 0.05) is 17.7 Å². The maximum atomic E-state index is 12.3. The first kappa shape index (κ1) is 18.7. The Morgan fingerprint density at radius 2 is 1.85 bits per heavy atom. The van der Waals surface area contributed by atoms with E-state index >= 15 is 0 Å². The minimum Gasteiger partial charge on any atom is -0.496 e. The summed E-state index contributed by atoms with van der Waals surface area (Å²) in [5.74, 6) is 0.523. The third-order valence-corrected chi connectivity index (χ3v) is 3.44. The fourth-order valence-corrected chi connectivity index (χ4v) is 2.22. The van der Waals surface area contributed by atoms with Crippen LogP contribution < -0.4 is 19.6 Å². The molecule has 2 aromatic rings. The van der Waals surface area contributed by atoms with Gasteiger partial charge in [0.15, 0.2) is 11.5 Å². The Morgan fingerprint density at radius 3 is 2.46 bits per heavy atom. The maximum absolute atomic E-state index is 12.3. The van der Waals surface area contributed by atoms with Gasteiger partial charge in [-0.1, -0.05) is 6.07 Å². The molecule has 0 aliphatic carbocycles. The van der Waals surface area contributed by atoms with E-state index in [4.69, 9.17) is 14.2 Å². The van der Waals surface area contributed by atoms with E-state index in [9.17, 15) is 14.9 Å². The lowest BCUT2D eigenvalue weighted by Gasteiger charge is -2.09. The van der Waals surface area contributed by atoms with Crippen molar-refractivity contribution in [2.24, 2.45) is 5.10 Å². The van der Waals surface area contributed by atoms with Crippen molar-refractivity contribution in [3.63, 3.8) is 0 Å². The zero-order chi connectivity index (χ0) is 19.1. The second kappa shape index (κ2) is 8.47. The van der Waals surface area contributed by atoms with E-state index < -0.39 is 10.8 Å². The standard InChI is InChI=1S/C17H17N3O6/c1-24-14-8-7-12(20(22)23)9-13(14)17(21)19-18-10-11-5-4-6-15(25-2)16(11)26-3/h4-10H,1-3H3,(H,19,21)/b18-10-. The molecule has 26 heavy (non-hydrogen) atoms. The van der Waals surface area contributed by atoms with Crippen molar-refractivity contribution < 1.29 is 23.9 Å². The highest BCUT2D eigenvalue weighted by molar-refractivity contribution is 5.98. The van der Waals surface area contributed by atoms with Crippen LogP contribution in [-0.2, 0) is 0 Å². The lowest BCUT2D eigenvalue weighted by Crippen LogP contribution is -2.18. The van der Waals surface area contributed by atoms with Crippen LogP contribution in [-0.4, -0.2) is 38.4 Å². The summed E-state index contributed by atoms with van der Waals surface area (Å²) >= 11 is 0. The first-order valence-corrected chi connectivity index (χ1v) is 7.38. The van der Waals surface area contributed by atoms with Crippen molar-refractivity contribution >= 4 is 17.8 Å². The van der Waals surface area contributed by atoms with Crippen molar-refractivity contribution in [1.82, 2.24) is 5.43 Å². The van der Waals surface area contributed by atoms with Gasteiger partial charge in [-0.05, 0) is 18.2 Å². The Kier molecular flexibility index (Phi) is 6.10. The average molecular weight is 359 g/mol. The lowest BCUT2D eigenvalue weighted by atomic mass is 10.1. The highest BCUT2D eigenvalue weighted by atomic mass is 16.6. The van der Waals surface area contributed by atoms with E-state index in [1.54, 1.807) is 18.2 Å². The summed E-state index contributed by atoms with van der Waals surface area (Å²) < 4.78 is 15.5. The van der Waals surface area contributed by atoms with Crippen LogP contribution in [0.15, 0.2) is 41.5 Å². The van der Waals surface area contributed by atoms with Gasteiger partial charge in [0.25, 0.3) is 11.6 Å². The number of hydrazone groups is 1. The predicted octanol–water partition coefficient (Wildman–Crippen LogP) is 2.38. The molecule has 0 saturated carbocycles. The van der Waals surface area contributed by atoms with Crippen LogP contribution in [0.2, 0.25) is 0 Å². The van der Waals surface area contributed by atoms with E-state index in [1.807, 2.05) is 0 Å². The molecule has 136 valence electrons. The summed E-state index contributed by atoms with van der Waals surface area (Å²) in [6, 6.07) is 8.92. The van der Waals surface area contributed by atoms with Gasteiger partial charge in [-0.3, -0.25) is 14.9 Å². The first-order valence-electron chi connectivity index (χ1n) is 7.38. The smallest absolute Gasteiger partial charge is 0.275 e. The van der Waals surface area contributed by atoms with Gasteiger partial charge in [0.1, 0.15) is 5.75 Å². The second-order valence-corrected chi connectivity index (χ2v) is 4.92. The number of carbonyl (C=O) groups excluding carboxylic acids is 1. The fourth-order valence-electron chi connectivity index (χ4n) is 2.22. The zero-order valence-corrected chi connectivity index (χ0v) is 14.4. The quantitative estimate of drug-likeness (QED) is 0.461. The number of amides is 1. The molecule has 0 fully saturated rings. The summed E-state index contributed by atoms with van der Waals surface area (Å²) in [6.07, 6.45) is 1.38. The Balaban J connectivity index is 2.23. The number of para-hydroxylation sites is 1. The Morgan fingerprint density at radius 1 is 1.12 bits per heavy atom. The summed E-state index contributed by atoms with van der Waals surface area (Å²) in [4.78, 5) is 22.6. The van der Waals surface area contributed by atoms with E-state index in [0.717, 1.165) is 6.07 Å². The number of nitrogens with one attached hydrogen (secondary N) is 1. The van der Waals surface area contributed by atoms with Gasteiger partial charge >= 0.3 is 0 Å². The molecular formula is C17H17N3O6. The SMILES string of the molecule is COc1ccc([N+](=O)[O-])cc1C(=O)N/N=C\c1cccc(OC)c1OC. The highest BCUT2D eigenvalue weighted by Crippen LogP contribution is 2.29. The highest BCUT2D eigenvalue weighted by Gasteiger charge is 2.17. The van der Waals surface area contributed by atoms with E-state index in [0.29, 0.717) is 17.1 Å². The third kappa shape index (κ3) is 4.07.